The van der Waals surface area contributed by atoms with E-state index in [0.717, 1.165) is 0 Å². The van der Waals surface area contributed by atoms with Crippen molar-refractivity contribution in [3.63, 3.8) is 0 Å². The number of carboxylic acid groups (broad SMARTS) is 1. The largest absolute Gasteiger partial charge is 0.480 e. The Kier molecular flexibility index (Phi) is 5.95. The summed E-state index contributed by atoms with van der Waals surface area (Å²) in [5.74, 6) is -2.12. The number of nitrogens with one attached hydrogen (secondary N) is 1. The van der Waals surface area contributed by atoms with Gasteiger partial charge in [-0.05, 0) is 18.1 Å². The highest BCUT2D eigenvalue weighted by Gasteiger charge is 2.26. The van der Waals surface area contributed by atoms with Crippen LogP contribution in [0.25, 0.3) is 0 Å². The molecule has 0 aliphatic carbocycles. The predicted octanol–water partition coefficient (Wildman–Crippen LogP) is 0.967. The van der Waals surface area contributed by atoms with Crippen LogP contribution in [0.5, 0.6) is 0 Å². The summed E-state index contributed by atoms with van der Waals surface area (Å²) in [5, 5.41) is 11.5. The van der Waals surface area contributed by atoms with E-state index < -0.39 is 23.8 Å². The van der Waals surface area contributed by atoms with E-state index in [2.05, 4.69) is 5.32 Å². The molecule has 0 bridgehead atoms. The number of hydrogen-bond acceptors (Lipinski definition) is 4. The molecule has 0 aliphatic rings. The molecule has 0 spiro atoms. The van der Waals surface area contributed by atoms with E-state index >= 15 is 0 Å². The fourth-order valence-corrected chi connectivity index (χ4v) is 1.78. The molecule has 7 heteroatoms. The number of carbonyl (C=O) groups excluding carboxylic acids is 2. The Hall–Kier alpha value is -2.31. The van der Waals surface area contributed by atoms with Gasteiger partial charge in [-0.1, -0.05) is 20.3 Å². The minimum atomic E-state index is -1.09. The maximum atomic E-state index is 11.9. The highest BCUT2D eigenvalue weighted by molar-refractivity contribution is 5.94. The molecule has 1 rings (SSSR count). The van der Waals surface area contributed by atoms with Crippen molar-refractivity contribution in [2.24, 2.45) is 5.92 Å². The molecule has 1 heterocycles. The van der Waals surface area contributed by atoms with Gasteiger partial charge in [0.1, 0.15) is 6.04 Å². The van der Waals surface area contributed by atoms with Gasteiger partial charge in [0.05, 0.1) is 12.8 Å². The van der Waals surface area contributed by atoms with Gasteiger partial charge in [-0.15, -0.1) is 0 Å². The van der Waals surface area contributed by atoms with Gasteiger partial charge >= 0.3 is 5.97 Å². The normalized spacial score (nSPS) is 13.3. The van der Waals surface area contributed by atoms with Gasteiger partial charge in [0.25, 0.3) is 5.91 Å². The topological polar surface area (TPSA) is 99.9 Å². The lowest BCUT2D eigenvalue weighted by atomic mass is 9.99. The summed E-state index contributed by atoms with van der Waals surface area (Å²) in [4.78, 5) is 36.1. The number of likely N-dealkylation sites (N-methyl/N-ethyl adjacent to an activating group) is 1. The lowest BCUT2D eigenvalue weighted by Crippen LogP contribution is -2.48. The third kappa shape index (κ3) is 4.62. The molecule has 0 radical (unpaired) electrons. The van der Waals surface area contributed by atoms with Crippen molar-refractivity contribution in [3.05, 3.63) is 24.2 Å². The molecule has 2 atom stereocenters. The summed E-state index contributed by atoms with van der Waals surface area (Å²) in [7, 11) is 1.45. The van der Waals surface area contributed by atoms with Gasteiger partial charge < -0.3 is 19.7 Å². The Morgan fingerprint density at radius 3 is 2.57 bits per heavy atom. The van der Waals surface area contributed by atoms with Gasteiger partial charge in [-0.2, -0.15) is 0 Å². The van der Waals surface area contributed by atoms with Crippen molar-refractivity contribution in [1.29, 1.82) is 0 Å². The van der Waals surface area contributed by atoms with Crippen LogP contribution in [-0.4, -0.2) is 47.4 Å². The lowest BCUT2D eigenvalue weighted by Gasteiger charge is -2.22. The third-order valence-electron chi connectivity index (χ3n) is 3.25. The first-order chi connectivity index (χ1) is 9.86. The molecule has 21 heavy (non-hydrogen) atoms. The SMILES string of the molecule is CCC(C)[C@H](NC(=O)CN(C)C(=O)c1ccco1)C(=O)O. The first kappa shape index (κ1) is 16.7. The van der Waals surface area contributed by atoms with Crippen LogP contribution in [0.15, 0.2) is 22.8 Å². The Bertz CT molecular complexity index is 497. The van der Waals surface area contributed by atoms with Gasteiger partial charge in [0.2, 0.25) is 5.91 Å². The van der Waals surface area contributed by atoms with Crippen LogP contribution in [0.1, 0.15) is 30.8 Å². The molecular formula is C14H20N2O5. The third-order valence-corrected chi connectivity index (χ3v) is 3.25. The van der Waals surface area contributed by atoms with Crippen LogP contribution in [0, 0.1) is 5.92 Å². The predicted molar refractivity (Wildman–Crippen MR) is 74.7 cm³/mol. The quantitative estimate of drug-likeness (QED) is 0.781. The second-order valence-electron chi connectivity index (χ2n) is 4.91. The first-order valence-corrected chi connectivity index (χ1v) is 6.68. The van der Waals surface area contributed by atoms with Crippen LogP contribution in [0.2, 0.25) is 0 Å². The number of rotatable bonds is 7. The number of carbonyl (C=O) groups is 3. The van der Waals surface area contributed by atoms with E-state index in [0.29, 0.717) is 6.42 Å². The van der Waals surface area contributed by atoms with Crippen molar-refractivity contribution >= 4 is 17.8 Å². The molecule has 0 saturated heterocycles. The Morgan fingerprint density at radius 1 is 1.43 bits per heavy atom. The summed E-state index contributed by atoms with van der Waals surface area (Å²) >= 11 is 0. The molecule has 0 saturated carbocycles. The van der Waals surface area contributed by atoms with Crippen molar-refractivity contribution in [1.82, 2.24) is 10.2 Å². The van der Waals surface area contributed by atoms with Gasteiger partial charge in [0.15, 0.2) is 5.76 Å². The molecule has 0 aliphatic heterocycles. The van der Waals surface area contributed by atoms with Crippen LogP contribution < -0.4 is 5.32 Å². The highest BCUT2D eigenvalue weighted by atomic mass is 16.4. The standard InChI is InChI=1S/C14H20N2O5/c1-4-9(2)12(14(19)20)15-11(17)8-16(3)13(18)10-6-5-7-21-10/h5-7,9,12H,4,8H2,1-3H3,(H,15,17)(H,19,20)/t9?,12-/m0/s1. The van der Waals surface area contributed by atoms with Crippen molar-refractivity contribution < 1.29 is 23.9 Å². The van der Waals surface area contributed by atoms with E-state index in [4.69, 9.17) is 9.52 Å². The maximum Gasteiger partial charge on any atom is 0.326 e. The summed E-state index contributed by atoms with van der Waals surface area (Å²) in [6.45, 7) is 3.36. The number of hydrogen-bond donors (Lipinski definition) is 2. The Labute approximate surface area is 122 Å². The summed E-state index contributed by atoms with van der Waals surface area (Å²) < 4.78 is 4.96. The van der Waals surface area contributed by atoms with E-state index in [1.54, 1.807) is 13.0 Å². The van der Waals surface area contributed by atoms with E-state index in [9.17, 15) is 14.4 Å². The van der Waals surface area contributed by atoms with E-state index in [1.165, 1.54) is 24.3 Å². The summed E-state index contributed by atoms with van der Waals surface area (Å²) in [6, 6.07) is 2.11. The summed E-state index contributed by atoms with van der Waals surface area (Å²) in [6.07, 6.45) is 1.99. The molecule has 2 amide bonds. The Balaban J connectivity index is 2.59. The number of amides is 2. The molecule has 116 valence electrons. The fraction of sp³-hybridized carbons (Fsp3) is 0.500. The number of nitrogens with zero attached hydrogens (tertiary/aromatic N) is 1. The van der Waals surface area contributed by atoms with E-state index in [-0.39, 0.29) is 18.2 Å². The molecule has 7 nitrogen and oxygen atoms in total. The molecule has 0 fully saturated rings. The van der Waals surface area contributed by atoms with Crippen molar-refractivity contribution in [3.8, 4) is 0 Å². The monoisotopic (exact) mass is 296 g/mol. The lowest BCUT2D eigenvalue weighted by molar-refractivity contribution is -0.143. The van der Waals surface area contributed by atoms with Gasteiger partial charge in [-0.3, -0.25) is 9.59 Å². The molecule has 1 unspecified atom stereocenters. The van der Waals surface area contributed by atoms with E-state index in [1.807, 2.05) is 6.92 Å². The zero-order valence-corrected chi connectivity index (χ0v) is 12.3. The second-order valence-corrected chi connectivity index (χ2v) is 4.91. The molecule has 1 aromatic heterocycles. The van der Waals surface area contributed by atoms with Crippen LogP contribution in [0.3, 0.4) is 0 Å². The minimum absolute atomic E-state index is 0.127. The van der Waals surface area contributed by atoms with Gasteiger partial charge in [-0.25, -0.2) is 4.79 Å². The molecule has 0 aromatic carbocycles. The average molecular weight is 296 g/mol. The fourth-order valence-electron chi connectivity index (χ4n) is 1.78. The average Bonchev–Trinajstić information content (AvgIpc) is 2.96. The zero-order chi connectivity index (χ0) is 16.0. The summed E-state index contributed by atoms with van der Waals surface area (Å²) in [5.41, 5.74) is 0. The highest BCUT2D eigenvalue weighted by Crippen LogP contribution is 2.08. The molecular weight excluding hydrogens is 276 g/mol. The Morgan fingerprint density at radius 2 is 2.10 bits per heavy atom. The van der Waals surface area contributed by atoms with Crippen molar-refractivity contribution in [2.75, 3.05) is 13.6 Å². The zero-order valence-electron chi connectivity index (χ0n) is 12.3. The first-order valence-electron chi connectivity index (χ1n) is 6.68. The second kappa shape index (κ2) is 7.47. The number of furan rings is 1. The minimum Gasteiger partial charge on any atom is -0.480 e. The maximum absolute atomic E-state index is 11.9. The van der Waals surface area contributed by atoms with Crippen LogP contribution in [0.4, 0.5) is 0 Å². The smallest absolute Gasteiger partial charge is 0.326 e. The van der Waals surface area contributed by atoms with Gasteiger partial charge in [0, 0.05) is 7.05 Å². The number of aliphatic carboxylic acids is 1. The molecule has 2 N–H and O–H groups in total. The van der Waals surface area contributed by atoms with Crippen molar-refractivity contribution in [2.45, 2.75) is 26.3 Å². The van der Waals surface area contributed by atoms with Crippen LogP contribution in [-0.2, 0) is 9.59 Å². The van der Waals surface area contributed by atoms with Crippen LogP contribution >= 0.6 is 0 Å². The molecule has 1 aromatic rings. The number of carboxylic acids is 1.